The Morgan fingerprint density at radius 3 is 2.72 bits per heavy atom. The molecule has 8 nitrogen and oxygen atoms in total. The normalized spacial score (nSPS) is 32.4. The third-order valence-corrected chi connectivity index (χ3v) is 9.68. The molecule has 5 aliphatic rings. The molecule has 8 heteroatoms. The summed E-state index contributed by atoms with van der Waals surface area (Å²) in [7, 11) is 0. The summed E-state index contributed by atoms with van der Waals surface area (Å²) in [5, 5.41) is 3.29. The van der Waals surface area contributed by atoms with Crippen LogP contribution in [0, 0.1) is 23.2 Å². The fraction of sp³-hybridized carbons (Fsp3) is 0.679. The minimum atomic E-state index is -0.488. The molecule has 2 amide bonds. The smallest absolute Gasteiger partial charge is 0.268 e. The van der Waals surface area contributed by atoms with Crippen LogP contribution in [0.1, 0.15) is 67.5 Å². The van der Waals surface area contributed by atoms with Crippen molar-refractivity contribution in [3.63, 3.8) is 0 Å². The van der Waals surface area contributed by atoms with Crippen LogP contribution in [0.5, 0.6) is 0 Å². The van der Waals surface area contributed by atoms with Gasteiger partial charge in [0.15, 0.2) is 5.79 Å². The van der Waals surface area contributed by atoms with E-state index in [2.05, 4.69) is 10.3 Å². The Bertz CT molecular complexity index is 1180. The molecule has 4 unspecified atom stereocenters. The standard InChI is InChI=1S/C28H36N4O4/c33-25(31-9-7-28(8-10-31)35-11-12-36-28)14-21-17-32-23(4-1-5-24(32)30-21)26(34)29-18-27-6-2-3-19(15-27)22-13-20(22)16-27/h1,4-5,17,19-20,22H,2-3,6-16,18H2,(H,29,34). The number of rotatable bonds is 5. The Morgan fingerprint density at radius 1 is 1.08 bits per heavy atom. The number of carbonyl (C=O) groups excluding carboxylic acids is 2. The van der Waals surface area contributed by atoms with Gasteiger partial charge in [-0.15, -0.1) is 0 Å². The van der Waals surface area contributed by atoms with Crippen LogP contribution in [0.4, 0.5) is 0 Å². The molecule has 2 aromatic heterocycles. The molecule has 192 valence electrons. The van der Waals surface area contributed by atoms with Gasteiger partial charge in [-0.25, -0.2) is 4.98 Å². The second kappa shape index (κ2) is 8.55. The van der Waals surface area contributed by atoms with Crippen molar-refractivity contribution in [3.05, 3.63) is 35.8 Å². The van der Waals surface area contributed by atoms with E-state index in [4.69, 9.17) is 9.47 Å². The minimum absolute atomic E-state index is 0.0526. The monoisotopic (exact) mass is 492 g/mol. The first-order chi connectivity index (χ1) is 17.5. The van der Waals surface area contributed by atoms with E-state index in [1.54, 1.807) is 0 Å². The Labute approximate surface area is 211 Å². The van der Waals surface area contributed by atoms with Crippen LogP contribution in [-0.2, 0) is 20.7 Å². The van der Waals surface area contributed by atoms with Gasteiger partial charge in [0.2, 0.25) is 5.91 Å². The van der Waals surface area contributed by atoms with Crippen LogP contribution in [0.25, 0.3) is 5.65 Å². The zero-order chi connectivity index (χ0) is 24.3. The summed E-state index contributed by atoms with van der Waals surface area (Å²) in [6, 6.07) is 5.61. The van der Waals surface area contributed by atoms with Crippen molar-refractivity contribution in [3.8, 4) is 0 Å². The molecule has 2 saturated heterocycles. The van der Waals surface area contributed by atoms with Gasteiger partial charge in [-0.05, 0) is 61.0 Å². The second-order valence-corrected chi connectivity index (χ2v) is 11.9. The minimum Gasteiger partial charge on any atom is -0.350 e. The summed E-state index contributed by atoms with van der Waals surface area (Å²) >= 11 is 0. The lowest BCUT2D eigenvalue weighted by molar-refractivity contribution is -0.187. The van der Waals surface area contributed by atoms with Crippen LogP contribution in [0.3, 0.4) is 0 Å². The zero-order valence-electron chi connectivity index (χ0n) is 20.9. The summed E-state index contributed by atoms with van der Waals surface area (Å²) in [6.45, 7) is 3.29. The molecular formula is C28H36N4O4. The van der Waals surface area contributed by atoms with E-state index in [1.165, 1.54) is 38.5 Å². The topological polar surface area (TPSA) is 85.2 Å². The lowest BCUT2D eigenvalue weighted by Crippen LogP contribution is -2.47. The molecule has 3 aliphatic carbocycles. The van der Waals surface area contributed by atoms with Gasteiger partial charge in [-0.1, -0.05) is 18.9 Å². The van der Waals surface area contributed by atoms with Crippen molar-refractivity contribution in [1.29, 1.82) is 0 Å². The lowest BCUT2D eigenvalue weighted by Gasteiger charge is -2.45. The summed E-state index contributed by atoms with van der Waals surface area (Å²) < 4.78 is 13.4. The Balaban J connectivity index is 1.01. The molecule has 4 heterocycles. The number of hydrogen-bond donors (Lipinski definition) is 1. The van der Waals surface area contributed by atoms with Gasteiger partial charge in [0, 0.05) is 38.7 Å². The Hall–Kier alpha value is -2.45. The van der Waals surface area contributed by atoms with Crippen molar-refractivity contribution < 1.29 is 19.1 Å². The third-order valence-electron chi connectivity index (χ3n) is 9.68. The molecule has 3 saturated carbocycles. The number of hydrogen-bond acceptors (Lipinski definition) is 5. The molecule has 2 aliphatic heterocycles. The molecule has 7 rings (SSSR count). The van der Waals surface area contributed by atoms with Crippen molar-refractivity contribution in [2.24, 2.45) is 23.2 Å². The summed E-state index contributed by atoms with van der Waals surface area (Å²) in [6.07, 6.45) is 11.4. The molecule has 5 fully saturated rings. The van der Waals surface area contributed by atoms with E-state index in [0.717, 1.165) is 24.3 Å². The number of carbonyl (C=O) groups is 2. The predicted octanol–water partition coefficient (Wildman–Crippen LogP) is 3.19. The van der Waals surface area contributed by atoms with Gasteiger partial charge in [-0.3, -0.25) is 14.0 Å². The number of piperidine rings is 1. The molecule has 2 bridgehead atoms. The second-order valence-electron chi connectivity index (χ2n) is 11.9. The average Bonchev–Trinajstić information content (AvgIpc) is 3.31. The van der Waals surface area contributed by atoms with Gasteiger partial charge in [0.05, 0.1) is 25.3 Å². The average molecular weight is 493 g/mol. The fourth-order valence-electron chi connectivity index (χ4n) is 7.76. The first-order valence-corrected chi connectivity index (χ1v) is 13.8. The maximum Gasteiger partial charge on any atom is 0.268 e. The quantitative estimate of drug-likeness (QED) is 0.693. The summed E-state index contributed by atoms with van der Waals surface area (Å²) in [5.41, 5.74) is 2.26. The van der Waals surface area contributed by atoms with E-state index in [9.17, 15) is 9.59 Å². The predicted molar refractivity (Wildman–Crippen MR) is 132 cm³/mol. The van der Waals surface area contributed by atoms with Crippen LogP contribution >= 0.6 is 0 Å². The summed E-state index contributed by atoms with van der Waals surface area (Å²) in [5.74, 6) is 2.28. The van der Waals surface area contributed by atoms with Gasteiger partial charge >= 0.3 is 0 Å². The molecular weight excluding hydrogens is 456 g/mol. The largest absolute Gasteiger partial charge is 0.350 e. The number of ether oxygens (including phenoxy) is 2. The number of aromatic nitrogens is 2. The molecule has 0 radical (unpaired) electrons. The van der Waals surface area contributed by atoms with E-state index >= 15 is 0 Å². The third kappa shape index (κ3) is 4.02. The van der Waals surface area contributed by atoms with Crippen molar-refractivity contribution >= 4 is 17.5 Å². The first-order valence-electron chi connectivity index (χ1n) is 13.8. The number of pyridine rings is 1. The maximum absolute atomic E-state index is 13.3. The number of nitrogens with one attached hydrogen (secondary N) is 1. The van der Waals surface area contributed by atoms with Crippen LogP contribution in [-0.4, -0.2) is 64.7 Å². The molecule has 0 aromatic carbocycles. The van der Waals surface area contributed by atoms with Gasteiger partial charge in [0.25, 0.3) is 5.91 Å². The molecule has 2 aromatic rings. The van der Waals surface area contributed by atoms with E-state index < -0.39 is 5.79 Å². The highest BCUT2D eigenvalue weighted by atomic mass is 16.7. The number of imidazole rings is 1. The van der Waals surface area contributed by atoms with Gasteiger partial charge in [0.1, 0.15) is 11.3 Å². The van der Waals surface area contributed by atoms with Crippen LogP contribution in [0.15, 0.2) is 24.4 Å². The fourth-order valence-corrected chi connectivity index (χ4v) is 7.76. The highest BCUT2D eigenvalue weighted by Gasteiger charge is 2.55. The lowest BCUT2D eigenvalue weighted by atomic mass is 9.62. The highest BCUT2D eigenvalue weighted by Crippen LogP contribution is 2.63. The van der Waals surface area contributed by atoms with Gasteiger partial charge < -0.3 is 19.7 Å². The molecule has 1 N–H and O–H groups in total. The zero-order valence-corrected chi connectivity index (χ0v) is 20.9. The molecule has 4 atom stereocenters. The first kappa shape index (κ1) is 22.7. The van der Waals surface area contributed by atoms with Gasteiger partial charge in [-0.2, -0.15) is 0 Å². The maximum atomic E-state index is 13.3. The van der Waals surface area contributed by atoms with Crippen molar-refractivity contribution in [2.75, 3.05) is 32.8 Å². The van der Waals surface area contributed by atoms with E-state index in [0.29, 0.717) is 56.2 Å². The summed E-state index contributed by atoms with van der Waals surface area (Å²) in [4.78, 5) is 32.8. The number of likely N-dealkylation sites (tertiary alicyclic amines) is 1. The Kier molecular flexibility index (Phi) is 5.40. The molecule has 1 spiro atoms. The number of nitrogens with zero attached hydrogens (tertiary/aromatic N) is 3. The number of amides is 2. The van der Waals surface area contributed by atoms with E-state index in [-0.39, 0.29) is 23.7 Å². The highest BCUT2D eigenvalue weighted by molar-refractivity contribution is 5.93. The Morgan fingerprint density at radius 2 is 1.89 bits per heavy atom. The SMILES string of the molecule is O=C(NCC12CCCC(C1)C1CC1C2)c1cccc2nc(CC(=O)N3CCC4(CC3)OCCO4)cn12. The number of fused-ring (bicyclic) bond motifs is 5. The molecule has 36 heavy (non-hydrogen) atoms. The van der Waals surface area contributed by atoms with Crippen LogP contribution in [0.2, 0.25) is 0 Å². The van der Waals surface area contributed by atoms with E-state index in [1.807, 2.05) is 33.7 Å². The van der Waals surface area contributed by atoms with Crippen molar-refractivity contribution in [2.45, 2.75) is 63.6 Å². The van der Waals surface area contributed by atoms with Crippen molar-refractivity contribution in [1.82, 2.24) is 19.6 Å². The van der Waals surface area contributed by atoms with Crippen LogP contribution < -0.4 is 5.32 Å².